The van der Waals surface area contributed by atoms with E-state index in [9.17, 15) is 5.11 Å². The molecule has 1 saturated carbocycles. The maximum Gasteiger partial charge on any atom is 0.0728 e. The fourth-order valence-corrected chi connectivity index (χ4v) is 3.18. The number of hydrogen-bond donors (Lipinski definition) is 1. The van der Waals surface area contributed by atoms with Crippen LogP contribution < -0.4 is 0 Å². The summed E-state index contributed by atoms with van der Waals surface area (Å²) in [4.78, 5) is 1.69. The van der Waals surface area contributed by atoms with Crippen molar-refractivity contribution in [3.05, 3.63) is 35.4 Å². The van der Waals surface area contributed by atoms with E-state index in [0.29, 0.717) is 6.54 Å². The molecule has 2 heteroatoms. The standard InChI is InChI=1S/C17H27NO/c1-14-7-9-15(10-8-14)16(13-18(2)3)17(19)11-5-4-6-12-17/h7-10,16,19H,4-6,11-13H2,1-3H3/t16-/m0/s1/i2D2. The van der Waals surface area contributed by atoms with Gasteiger partial charge < -0.3 is 10.0 Å². The summed E-state index contributed by atoms with van der Waals surface area (Å²) in [6.07, 6.45) is 4.96. The molecule has 2 rings (SSSR count). The summed E-state index contributed by atoms with van der Waals surface area (Å²) in [5.74, 6) is -0.0263. The fourth-order valence-electron chi connectivity index (χ4n) is 3.18. The lowest BCUT2D eigenvalue weighted by atomic mass is 9.72. The van der Waals surface area contributed by atoms with E-state index < -0.39 is 12.6 Å². The van der Waals surface area contributed by atoms with E-state index in [4.69, 9.17) is 2.74 Å². The Morgan fingerprint density at radius 2 is 1.89 bits per heavy atom. The minimum Gasteiger partial charge on any atom is -0.389 e. The Labute approximate surface area is 120 Å². The van der Waals surface area contributed by atoms with E-state index >= 15 is 0 Å². The molecule has 1 fully saturated rings. The number of nitrogens with zero attached hydrogens (tertiary/aromatic N) is 1. The number of hydrogen-bond acceptors (Lipinski definition) is 2. The van der Waals surface area contributed by atoms with Gasteiger partial charge in [-0.1, -0.05) is 49.1 Å². The molecule has 1 aliphatic carbocycles. The molecule has 0 aromatic heterocycles. The van der Waals surface area contributed by atoms with Crippen LogP contribution in [0.3, 0.4) is 0 Å². The zero-order valence-corrected chi connectivity index (χ0v) is 12.1. The van der Waals surface area contributed by atoms with Crippen molar-refractivity contribution in [2.24, 2.45) is 0 Å². The average Bonchev–Trinajstić information content (AvgIpc) is 2.46. The van der Waals surface area contributed by atoms with Gasteiger partial charge in [-0.25, -0.2) is 0 Å². The highest BCUT2D eigenvalue weighted by atomic mass is 16.3. The van der Waals surface area contributed by atoms with E-state index in [1.54, 1.807) is 11.9 Å². The first-order valence-electron chi connectivity index (χ1n) is 8.41. The molecule has 0 radical (unpaired) electrons. The SMILES string of the molecule is [2H]C([2H])N(C)C[C@@H](c1ccc(C)cc1)C1(O)CCCCC1. The van der Waals surface area contributed by atoms with E-state index in [2.05, 4.69) is 31.2 Å². The van der Waals surface area contributed by atoms with Crippen molar-refractivity contribution in [3.8, 4) is 0 Å². The molecule has 19 heavy (non-hydrogen) atoms. The maximum absolute atomic E-state index is 11.1. The quantitative estimate of drug-likeness (QED) is 0.900. The molecule has 0 spiro atoms. The zero-order valence-electron chi connectivity index (χ0n) is 14.1. The summed E-state index contributed by atoms with van der Waals surface area (Å²) in [6, 6.07) is 8.33. The lowest BCUT2D eigenvalue weighted by Gasteiger charge is -2.40. The van der Waals surface area contributed by atoms with Crippen LogP contribution in [0.25, 0.3) is 0 Å². The summed E-state index contributed by atoms with van der Waals surface area (Å²) in [5.41, 5.74) is 1.63. The van der Waals surface area contributed by atoms with Gasteiger partial charge in [0.15, 0.2) is 0 Å². The van der Waals surface area contributed by atoms with Crippen LogP contribution in [0, 0.1) is 6.92 Å². The van der Waals surface area contributed by atoms with Gasteiger partial charge in [0, 0.05) is 15.2 Å². The van der Waals surface area contributed by atoms with Crippen LogP contribution in [0.5, 0.6) is 0 Å². The molecule has 0 unspecified atom stereocenters. The normalized spacial score (nSPS) is 22.2. The number of rotatable bonds is 4. The van der Waals surface area contributed by atoms with Gasteiger partial charge in [-0.3, -0.25) is 0 Å². The molecule has 0 amide bonds. The Morgan fingerprint density at radius 3 is 2.47 bits per heavy atom. The average molecular weight is 263 g/mol. The van der Waals surface area contributed by atoms with Gasteiger partial charge in [0.1, 0.15) is 0 Å². The third-order valence-electron chi connectivity index (χ3n) is 4.32. The minimum atomic E-state index is -0.995. The third kappa shape index (κ3) is 3.58. The van der Waals surface area contributed by atoms with Crippen LogP contribution >= 0.6 is 0 Å². The summed E-state index contributed by atoms with van der Waals surface area (Å²) >= 11 is 0. The molecule has 2 nitrogen and oxygen atoms in total. The highest BCUT2D eigenvalue weighted by molar-refractivity contribution is 5.27. The van der Waals surface area contributed by atoms with Gasteiger partial charge in [-0.05, 0) is 39.4 Å². The minimum absolute atomic E-state index is 0.0263. The molecule has 1 aliphatic rings. The highest BCUT2D eigenvalue weighted by Gasteiger charge is 2.38. The highest BCUT2D eigenvalue weighted by Crippen LogP contribution is 2.40. The van der Waals surface area contributed by atoms with E-state index in [1.165, 1.54) is 12.0 Å². The largest absolute Gasteiger partial charge is 0.389 e. The second kappa shape index (κ2) is 6.06. The van der Waals surface area contributed by atoms with Gasteiger partial charge >= 0.3 is 0 Å². The molecule has 0 aliphatic heterocycles. The number of aryl methyl sites for hydroxylation is 1. The van der Waals surface area contributed by atoms with Crippen molar-refractivity contribution < 1.29 is 7.85 Å². The maximum atomic E-state index is 11.1. The summed E-state index contributed by atoms with van der Waals surface area (Å²) in [6.45, 7) is 1.62. The molecular formula is C17H27NO. The predicted octanol–water partition coefficient (Wildman–Crippen LogP) is 3.34. The summed E-state index contributed by atoms with van der Waals surface area (Å²) in [5, 5.41) is 11.1. The Hall–Kier alpha value is -0.860. The van der Waals surface area contributed by atoms with Crippen LogP contribution in [0.1, 0.15) is 51.9 Å². The first-order valence-corrected chi connectivity index (χ1v) is 7.26. The zero-order chi connectivity index (χ0) is 15.5. The van der Waals surface area contributed by atoms with Crippen molar-refractivity contribution in [2.75, 3.05) is 20.6 Å². The molecule has 0 heterocycles. The predicted molar refractivity (Wildman–Crippen MR) is 80.5 cm³/mol. The third-order valence-corrected chi connectivity index (χ3v) is 4.32. The van der Waals surface area contributed by atoms with Crippen LogP contribution in [-0.2, 0) is 0 Å². The molecule has 1 aromatic rings. The van der Waals surface area contributed by atoms with E-state index in [1.807, 2.05) is 0 Å². The first kappa shape index (κ1) is 11.9. The molecule has 0 bridgehead atoms. The lowest BCUT2D eigenvalue weighted by molar-refractivity contribution is -0.0277. The van der Waals surface area contributed by atoms with E-state index in [-0.39, 0.29) is 5.92 Å². The van der Waals surface area contributed by atoms with Crippen LogP contribution in [0.4, 0.5) is 0 Å². The monoisotopic (exact) mass is 263 g/mol. The molecule has 1 N–H and O–H groups in total. The second-order valence-corrected chi connectivity index (χ2v) is 6.07. The van der Waals surface area contributed by atoms with Crippen LogP contribution in [0.15, 0.2) is 24.3 Å². The van der Waals surface area contributed by atoms with Crippen molar-refractivity contribution in [3.63, 3.8) is 0 Å². The summed E-state index contributed by atoms with van der Waals surface area (Å²) in [7, 11) is 1.79. The molecule has 1 atom stereocenters. The van der Waals surface area contributed by atoms with Gasteiger partial charge in [0.25, 0.3) is 0 Å². The Morgan fingerprint density at radius 1 is 1.26 bits per heavy atom. The lowest BCUT2D eigenvalue weighted by Crippen LogP contribution is -2.42. The van der Waals surface area contributed by atoms with Crippen molar-refractivity contribution in [2.45, 2.75) is 50.5 Å². The Balaban J connectivity index is 2.27. The van der Waals surface area contributed by atoms with Gasteiger partial charge in [-0.15, -0.1) is 0 Å². The summed E-state index contributed by atoms with van der Waals surface area (Å²) < 4.78 is 15.1. The topological polar surface area (TPSA) is 23.5 Å². The molecule has 0 saturated heterocycles. The molecule has 106 valence electrons. The van der Waals surface area contributed by atoms with Gasteiger partial charge in [0.05, 0.1) is 5.60 Å². The van der Waals surface area contributed by atoms with Gasteiger partial charge in [0.2, 0.25) is 0 Å². The van der Waals surface area contributed by atoms with Crippen molar-refractivity contribution in [1.82, 2.24) is 4.90 Å². The van der Waals surface area contributed by atoms with Crippen molar-refractivity contribution in [1.29, 1.82) is 0 Å². The van der Waals surface area contributed by atoms with Gasteiger partial charge in [-0.2, -0.15) is 0 Å². The van der Waals surface area contributed by atoms with E-state index in [0.717, 1.165) is 31.2 Å². The second-order valence-electron chi connectivity index (χ2n) is 6.07. The van der Waals surface area contributed by atoms with Crippen LogP contribution in [0.2, 0.25) is 0 Å². The van der Waals surface area contributed by atoms with Crippen LogP contribution in [-0.4, -0.2) is 36.2 Å². The fraction of sp³-hybridized carbons (Fsp3) is 0.647. The van der Waals surface area contributed by atoms with Crippen molar-refractivity contribution >= 4 is 0 Å². The first-order chi connectivity index (χ1) is 9.92. The number of aliphatic hydroxyl groups is 1. The smallest absolute Gasteiger partial charge is 0.0728 e. The Bertz CT molecular complexity index is 441. The Kier molecular flexibility index (Phi) is 3.80. The number of benzene rings is 1. The molecular weight excluding hydrogens is 234 g/mol. The number of likely N-dealkylation sites (N-methyl/N-ethyl adjacent to an activating group) is 1. The molecule has 1 aromatic carbocycles.